The smallest absolute Gasteiger partial charge is 0.412 e. The number of hydrogen-bond donors (Lipinski definition) is 0. The van der Waals surface area contributed by atoms with Crippen molar-refractivity contribution >= 4 is 18.4 Å². The van der Waals surface area contributed by atoms with E-state index in [2.05, 4.69) is 25.0 Å². The molecule has 0 unspecified atom stereocenters. The molecule has 0 spiro atoms. The van der Waals surface area contributed by atoms with Gasteiger partial charge < -0.3 is 4.43 Å². The van der Waals surface area contributed by atoms with Gasteiger partial charge in [0.25, 0.3) is 0 Å². The Morgan fingerprint density at radius 3 is 1.64 bits per heavy atom. The third-order valence-electron chi connectivity index (χ3n) is 4.15. The maximum atomic E-state index is 12.4. The zero-order chi connectivity index (χ0) is 19.6. The average molecular weight is 407 g/mol. The number of unbranched alkanes of at least 4 members (excludes halogenated alkanes) is 3. The largest absolute Gasteiger partial charge is 0.523 e. The van der Waals surface area contributed by atoms with Gasteiger partial charge in [0.1, 0.15) is 0 Å². The Hall–Kier alpha value is -0.123. The van der Waals surface area contributed by atoms with E-state index in [0.717, 1.165) is 56.7 Å². The molecule has 0 aromatic carbocycles. The lowest BCUT2D eigenvalue weighted by atomic mass is 10.4. The molecule has 0 saturated carbocycles. The highest BCUT2D eigenvalue weighted by molar-refractivity contribution is 7.87. The predicted molar refractivity (Wildman–Crippen MR) is 96.4 cm³/mol. The van der Waals surface area contributed by atoms with Gasteiger partial charge in [0.15, 0.2) is 8.32 Å². The van der Waals surface area contributed by atoms with Crippen molar-refractivity contribution in [2.45, 2.75) is 96.0 Å². The third kappa shape index (κ3) is 9.39. The van der Waals surface area contributed by atoms with Crippen LogP contribution in [0.2, 0.25) is 18.1 Å². The minimum atomic E-state index is -5.56. The van der Waals surface area contributed by atoms with Gasteiger partial charge in [-0.2, -0.15) is 21.6 Å². The molecular formula is C16H33F3O4SSi. The Balaban J connectivity index is 4.99. The summed E-state index contributed by atoms with van der Waals surface area (Å²) in [7, 11) is -7.68. The van der Waals surface area contributed by atoms with E-state index in [9.17, 15) is 21.6 Å². The van der Waals surface area contributed by atoms with Crippen molar-refractivity contribution in [3.63, 3.8) is 0 Å². The summed E-state index contributed by atoms with van der Waals surface area (Å²) in [4.78, 5) is 0. The molecule has 0 aliphatic rings. The van der Waals surface area contributed by atoms with Crippen molar-refractivity contribution in [2.75, 3.05) is 6.61 Å². The number of alkyl halides is 3. The number of rotatable bonds is 14. The minimum absolute atomic E-state index is 0.596. The van der Waals surface area contributed by atoms with Gasteiger partial charge in [-0.25, -0.2) is 0 Å². The van der Waals surface area contributed by atoms with Crippen LogP contribution in [0.15, 0.2) is 0 Å². The molecule has 0 heterocycles. The van der Waals surface area contributed by atoms with E-state index in [1.54, 1.807) is 6.92 Å². The van der Waals surface area contributed by atoms with Crippen LogP contribution in [0.1, 0.15) is 66.2 Å². The van der Waals surface area contributed by atoms with Crippen LogP contribution in [-0.2, 0) is 18.7 Å². The van der Waals surface area contributed by atoms with Gasteiger partial charge in [-0.15, -0.1) is 0 Å². The highest BCUT2D eigenvalue weighted by Crippen LogP contribution is 2.31. The van der Waals surface area contributed by atoms with Gasteiger partial charge in [0.05, 0.1) is 12.7 Å². The zero-order valence-electron chi connectivity index (χ0n) is 15.8. The van der Waals surface area contributed by atoms with Gasteiger partial charge >= 0.3 is 15.6 Å². The van der Waals surface area contributed by atoms with Gasteiger partial charge in [-0.05, 0) is 25.1 Å². The van der Waals surface area contributed by atoms with E-state index >= 15 is 0 Å². The van der Waals surface area contributed by atoms with Crippen LogP contribution in [0.5, 0.6) is 0 Å². The summed E-state index contributed by atoms with van der Waals surface area (Å²) in [6.07, 6.45) is 5.49. The van der Waals surface area contributed by atoms with Gasteiger partial charge in [-0.3, -0.25) is 4.18 Å². The van der Waals surface area contributed by atoms with Crippen LogP contribution in [0.25, 0.3) is 0 Å². The fraction of sp³-hybridized carbons (Fsp3) is 1.00. The molecule has 0 aliphatic carbocycles. The summed E-state index contributed by atoms with van der Waals surface area (Å²) in [5.74, 6) is 0. The highest BCUT2D eigenvalue weighted by atomic mass is 32.2. The first kappa shape index (κ1) is 24.9. The van der Waals surface area contributed by atoms with Crippen molar-refractivity contribution in [2.24, 2.45) is 0 Å². The van der Waals surface area contributed by atoms with E-state index in [0.29, 0.717) is 0 Å². The van der Waals surface area contributed by atoms with Crippen LogP contribution < -0.4 is 0 Å². The number of hydrogen-bond acceptors (Lipinski definition) is 4. The molecule has 0 aromatic rings. The van der Waals surface area contributed by atoms with E-state index in [4.69, 9.17) is 4.43 Å². The molecule has 25 heavy (non-hydrogen) atoms. The molecule has 9 heteroatoms. The topological polar surface area (TPSA) is 52.6 Å². The van der Waals surface area contributed by atoms with Crippen LogP contribution in [0.4, 0.5) is 13.2 Å². The minimum Gasteiger partial charge on any atom is -0.412 e. The Kier molecular flexibility index (Phi) is 11.5. The highest BCUT2D eigenvalue weighted by Gasteiger charge is 2.47. The fourth-order valence-electron chi connectivity index (χ4n) is 2.76. The average Bonchev–Trinajstić information content (AvgIpc) is 2.53. The molecule has 0 fully saturated rings. The van der Waals surface area contributed by atoms with Crippen LogP contribution in [0, 0.1) is 0 Å². The molecule has 0 amide bonds. The quantitative estimate of drug-likeness (QED) is 0.214. The van der Waals surface area contributed by atoms with E-state index in [1.165, 1.54) is 0 Å². The lowest BCUT2D eigenvalue weighted by Crippen LogP contribution is -2.43. The van der Waals surface area contributed by atoms with Crippen molar-refractivity contribution in [3.05, 3.63) is 0 Å². The summed E-state index contributed by atoms with van der Waals surface area (Å²) < 4.78 is 69.6. The maximum Gasteiger partial charge on any atom is 0.523 e. The molecule has 0 N–H and O–H groups in total. The maximum absolute atomic E-state index is 12.4. The molecule has 0 saturated heterocycles. The Bertz CT molecular complexity index is 433. The van der Waals surface area contributed by atoms with E-state index < -0.39 is 36.7 Å². The summed E-state index contributed by atoms with van der Waals surface area (Å²) in [6, 6.07) is 2.87. The molecule has 0 radical (unpaired) electrons. The lowest BCUT2D eigenvalue weighted by Gasteiger charge is -2.34. The molecule has 0 bridgehead atoms. The molecule has 0 aromatic heterocycles. The molecule has 0 rings (SSSR count). The molecule has 4 nitrogen and oxygen atoms in total. The third-order valence-corrected chi connectivity index (χ3v) is 9.86. The molecule has 1 atom stereocenters. The van der Waals surface area contributed by atoms with Crippen LogP contribution in [0.3, 0.4) is 0 Å². The van der Waals surface area contributed by atoms with E-state index in [-0.39, 0.29) is 0 Å². The first-order chi connectivity index (χ1) is 11.5. The molecule has 0 aliphatic heterocycles. The monoisotopic (exact) mass is 406 g/mol. The second kappa shape index (κ2) is 11.6. The summed E-state index contributed by atoms with van der Waals surface area (Å²) in [5.41, 5.74) is -5.39. The Labute approximate surface area is 151 Å². The van der Waals surface area contributed by atoms with Crippen LogP contribution >= 0.6 is 0 Å². The summed E-state index contributed by atoms with van der Waals surface area (Å²) in [6.45, 7) is 7.29. The van der Waals surface area contributed by atoms with Gasteiger partial charge in [-0.1, -0.05) is 59.3 Å². The normalized spacial score (nSPS) is 14.7. The van der Waals surface area contributed by atoms with Crippen molar-refractivity contribution in [1.29, 1.82) is 0 Å². The van der Waals surface area contributed by atoms with Crippen molar-refractivity contribution < 1.29 is 30.2 Å². The number of halogens is 3. The van der Waals surface area contributed by atoms with E-state index in [1.807, 2.05) is 0 Å². The standard InChI is InChI=1S/C16H33F3O4SSi/c1-5-8-11-25(12-9-6-2,13-10-7-3)23-15(4)14-22-24(20,21)16(17,18)19/h15H,5-14H2,1-4H3/t15-/m1/s1. The van der Waals surface area contributed by atoms with Crippen LogP contribution in [-0.4, -0.2) is 35.0 Å². The predicted octanol–water partition coefficient (Wildman–Crippen LogP) is 5.60. The van der Waals surface area contributed by atoms with Crippen molar-refractivity contribution in [1.82, 2.24) is 0 Å². The second-order valence-corrected chi connectivity index (χ2v) is 12.3. The first-order valence-corrected chi connectivity index (χ1v) is 13.1. The van der Waals surface area contributed by atoms with Gasteiger partial charge in [0, 0.05) is 0 Å². The van der Waals surface area contributed by atoms with Crippen molar-refractivity contribution in [3.8, 4) is 0 Å². The first-order valence-electron chi connectivity index (χ1n) is 9.17. The zero-order valence-corrected chi connectivity index (χ0v) is 17.6. The van der Waals surface area contributed by atoms with Gasteiger partial charge in [0.2, 0.25) is 0 Å². The molecular weight excluding hydrogens is 373 g/mol. The Morgan fingerprint density at radius 2 is 1.32 bits per heavy atom. The summed E-state index contributed by atoms with van der Waals surface area (Å²) in [5, 5.41) is 0. The SMILES string of the molecule is CCCC[Si](CCCC)(CCCC)O[C@H](C)COS(=O)(=O)C(F)(F)F. The molecule has 152 valence electrons. The fourth-order valence-corrected chi connectivity index (χ4v) is 8.28. The Morgan fingerprint density at radius 1 is 0.920 bits per heavy atom. The lowest BCUT2D eigenvalue weighted by molar-refractivity contribution is -0.0558. The second-order valence-electron chi connectivity index (χ2n) is 6.61. The summed E-state index contributed by atoms with van der Waals surface area (Å²) >= 11 is 0.